The van der Waals surface area contributed by atoms with Crippen molar-refractivity contribution in [1.82, 2.24) is 4.98 Å². The molecule has 0 unspecified atom stereocenters. The van der Waals surface area contributed by atoms with Crippen LogP contribution in [0.5, 0.6) is 5.75 Å². The molecule has 80 valence electrons. The van der Waals surface area contributed by atoms with Crippen molar-refractivity contribution in [3.8, 4) is 5.75 Å². The summed E-state index contributed by atoms with van der Waals surface area (Å²) in [6, 6.07) is 9.88. The Labute approximate surface area is 92.7 Å². The second-order valence-corrected chi connectivity index (χ2v) is 3.70. The van der Waals surface area contributed by atoms with Crippen molar-refractivity contribution >= 4 is 21.9 Å². The van der Waals surface area contributed by atoms with Gasteiger partial charge in [-0.3, -0.25) is 0 Å². The van der Waals surface area contributed by atoms with Crippen molar-refractivity contribution in [3.05, 3.63) is 36.2 Å². The molecule has 2 aromatic carbocycles. The summed E-state index contributed by atoms with van der Waals surface area (Å²) < 4.78 is 10.9. The number of hydrogen-bond acceptors (Lipinski definition) is 3. The van der Waals surface area contributed by atoms with E-state index < -0.39 is 0 Å². The minimum Gasteiger partial charge on any atom is -0.496 e. The Morgan fingerprint density at radius 3 is 2.81 bits per heavy atom. The number of nitrogens with zero attached hydrogens (tertiary/aromatic N) is 1. The smallest absolute Gasteiger partial charge is 0.192 e. The number of aromatic nitrogens is 1. The van der Waals surface area contributed by atoms with Gasteiger partial charge in [0.1, 0.15) is 11.3 Å². The fourth-order valence-electron chi connectivity index (χ4n) is 2.00. The van der Waals surface area contributed by atoms with Crippen LogP contribution in [0, 0.1) is 6.92 Å². The zero-order chi connectivity index (χ0) is 11.1. The highest BCUT2D eigenvalue weighted by Gasteiger charge is 2.09. The molecule has 3 rings (SSSR count). The Kier molecular flexibility index (Phi) is 1.86. The van der Waals surface area contributed by atoms with Crippen LogP contribution in [-0.2, 0) is 0 Å². The van der Waals surface area contributed by atoms with Crippen LogP contribution in [0.15, 0.2) is 34.7 Å². The van der Waals surface area contributed by atoms with Crippen molar-refractivity contribution in [2.45, 2.75) is 6.92 Å². The highest BCUT2D eigenvalue weighted by molar-refractivity contribution is 6.05. The lowest BCUT2D eigenvalue weighted by molar-refractivity contribution is 0.420. The van der Waals surface area contributed by atoms with Crippen molar-refractivity contribution in [2.75, 3.05) is 7.11 Å². The summed E-state index contributed by atoms with van der Waals surface area (Å²) in [5.41, 5.74) is 1.71. The monoisotopic (exact) mass is 213 g/mol. The van der Waals surface area contributed by atoms with Gasteiger partial charge in [-0.05, 0) is 18.2 Å². The van der Waals surface area contributed by atoms with E-state index >= 15 is 0 Å². The molecular weight excluding hydrogens is 202 g/mol. The van der Waals surface area contributed by atoms with Gasteiger partial charge in [0.05, 0.1) is 7.11 Å². The fourth-order valence-corrected chi connectivity index (χ4v) is 2.00. The van der Waals surface area contributed by atoms with Gasteiger partial charge in [-0.2, -0.15) is 0 Å². The first kappa shape index (κ1) is 9.21. The first-order valence-electron chi connectivity index (χ1n) is 5.12. The molecule has 0 radical (unpaired) electrons. The molecule has 0 aliphatic rings. The third kappa shape index (κ3) is 1.18. The lowest BCUT2D eigenvalue weighted by Crippen LogP contribution is -1.84. The number of benzene rings is 2. The van der Waals surface area contributed by atoms with E-state index in [2.05, 4.69) is 4.98 Å². The van der Waals surface area contributed by atoms with Crippen LogP contribution in [-0.4, -0.2) is 12.1 Å². The number of methoxy groups -OCH3 is 1. The Morgan fingerprint density at radius 2 is 2.00 bits per heavy atom. The molecule has 0 aliphatic heterocycles. The zero-order valence-electron chi connectivity index (χ0n) is 9.15. The SMILES string of the molecule is COc1cccc2c1ccc1nc(C)oc12. The summed E-state index contributed by atoms with van der Waals surface area (Å²) in [6.07, 6.45) is 0. The second kappa shape index (κ2) is 3.23. The quantitative estimate of drug-likeness (QED) is 0.622. The number of rotatable bonds is 1. The summed E-state index contributed by atoms with van der Waals surface area (Å²) >= 11 is 0. The van der Waals surface area contributed by atoms with Gasteiger partial charge < -0.3 is 9.15 Å². The highest BCUT2D eigenvalue weighted by Crippen LogP contribution is 2.31. The van der Waals surface area contributed by atoms with Crippen LogP contribution >= 0.6 is 0 Å². The third-order valence-corrected chi connectivity index (χ3v) is 2.70. The Bertz CT molecular complexity index is 670. The zero-order valence-corrected chi connectivity index (χ0v) is 9.15. The molecule has 3 nitrogen and oxygen atoms in total. The molecule has 0 N–H and O–H groups in total. The fraction of sp³-hybridized carbons (Fsp3) is 0.154. The van der Waals surface area contributed by atoms with Gasteiger partial charge in [-0.15, -0.1) is 0 Å². The molecule has 0 amide bonds. The normalized spacial score (nSPS) is 11.1. The molecule has 0 spiro atoms. The standard InChI is InChI=1S/C13H11NO2/c1-8-14-11-7-6-9-10(13(11)16-8)4-3-5-12(9)15-2/h3-7H,1-2H3. The molecule has 0 aliphatic carbocycles. The topological polar surface area (TPSA) is 35.3 Å². The lowest BCUT2D eigenvalue weighted by atomic mass is 10.1. The van der Waals surface area contributed by atoms with Crippen LogP contribution in [0.4, 0.5) is 0 Å². The van der Waals surface area contributed by atoms with E-state index in [4.69, 9.17) is 9.15 Å². The maximum absolute atomic E-state index is 5.61. The van der Waals surface area contributed by atoms with E-state index in [-0.39, 0.29) is 0 Å². The van der Waals surface area contributed by atoms with Crippen LogP contribution in [0.1, 0.15) is 5.89 Å². The number of hydrogen-bond donors (Lipinski definition) is 0. The van der Waals surface area contributed by atoms with Gasteiger partial charge in [0.15, 0.2) is 11.5 Å². The second-order valence-electron chi connectivity index (χ2n) is 3.70. The van der Waals surface area contributed by atoms with Crippen molar-refractivity contribution in [1.29, 1.82) is 0 Å². The minimum absolute atomic E-state index is 0.685. The number of ether oxygens (including phenoxy) is 1. The number of oxazole rings is 1. The van der Waals surface area contributed by atoms with E-state index in [1.807, 2.05) is 37.3 Å². The van der Waals surface area contributed by atoms with Crippen LogP contribution in [0.25, 0.3) is 21.9 Å². The van der Waals surface area contributed by atoms with Crippen molar-refractivity contribution in [2.24, 2.45) is 0 Å². The third-order valence-electron chi connectivity index (χ3n) is 2.70. The van der Waals surface area contributed by atoms with E-state index in [0.29, 0.717) is 5.89 Å². The molecule has 0 saturated heterocycles. The van der Waals surface area contributed by atoms with Gasteiger partial charge in [0.2, 0.25) is 0 Å². The highest BCUT2D eigenvalue weighted by atomic mass is 16.5. The predicted molar refractivity (Wildman–Crippen MR) is 62.8 cm³/mol. The minimum atomic E-state index is 0.685. The largest absolute Gasteiger partial charge is 0.496 e. The molecule has 0 atom stereocenters. The first-order chi connectivity index (χ1) is 7.79. The van der Waals surface area contributed by atoms with Gasteiger partial charge in [-0.1, -0.05) is 12.1 Å². The van der Waals surface area contributed by atoms with Crippen LogP contribution < -0.4 is 4.74 Å². The molecule has 1 heterocycles. The van der Waals surface area contributed by atoms with Gasteiger partial charge in [0, 0.05) is 17.7 Å². The lowest BCUT2D eigenvalue weighted by Gasteiger charge is -2.04. The summed E-state index contributed by atoms with van der Waals surface area (Å²) in [4.78, 5) is 4.31. The maximum Gasteiger partial charge on any atom is 0.192 e. The molecule has 16 heavy (non-hydrogen) atoms. The molecule has 1 aromatic heterocycles. The summed E-state index contributed by atoms with van der Waals surface area (Å²) in [5.74, 6) is 1.54. The van der Waals surface area contributed by atoms with Crippen molar-refractivity contribution in [3.63, 3.8) is 0 Å². The van der Waals surface area contributed by atoms with E-state index in [0.717, 1.165) is 27.6 Å². The predicted octanol–water partition coefficient (Wildman–Crippen LogP) is 3.30. The van der Waals surface area contributed by atoms with E-state index in [1.54, 1.807) is 7.11 Å². The average Bonchev–Trinajstić information content (AvgIpc) is 2.69. The number of aryl methyl sites for hydroxylation is 1. The first-order valence-corrected chi connectivity index (χ1v) is 5.12. The van der Waals surface area contributed by atoms with Gasteiger partial charge >= 0.3 is 0 Å². The summed E-state index contributed by atoms with van der Waals surface area (Å²) in [5, 5.41) is 2.09. The maximum atomic E-state index is 5.61. The molecule has 0 saturated carbocycles. The van der Waals surface area contributed by atoms with Gasteiger partial charge in [0.25, 0.3) is 0 Å². The van der Waals surface area contributed by atoms with E-state index in [9.17, 15) is 0 Å². The summed E-state index contributed by atoms with van der Waals surface area (Å²) in [6.45, 7) is 1.85. The molecule has 3 heteroatoms. The van der Waals surface area contributed by atoms with E-state index in [1.165, 1.54) is 0 Å². The van der Waals surface area contributed by atoms with Crippen LogP contribution in [0.3, 0.4) is 0 Å². The summed E-state index contributed by atoms with van der Waals surface area (Å²) in [7, 11) is 1.67. The Morgan fingerprint density at radius 1 is 1.12 bits per heavy atom. The average molecular weight is 213 g/mol. The molecule has 0 bridgehead atoms. The number of fused-ring (bicyclic) bond motifs is 3. The van der Waals surface area contributed by atoms with Gasteiger partial charge in [-0.25, -0.2) is 4.98 Å². The molecule has 3 aromatic rings. The van der Waals surface area contributed by atoms with Crippen LogP contribution in [0.2, 0.25) is 0 Å². The Hall–Kier alpha value is -2.03. The van der Waals surface area contributed by atoms with Crippen molar-refractivity contribution < 1.29 is 9.15 Å². The Balaban J connectivity index is 2.51. The molecule has 0 fully saturated rings. The molecular formula is C13H11NO2.